The van der Waals surface area contributed by atoms with Gasteiger partial charge in [-0.3, -0.25) is 0 Å². The topological polar surface area (TPSA) is 32.3 Å². The van der Waals surface area contributed by atoms with E-state index in [0.717, 1.165) is 38.5 Å². The van der Waals surface area contributed by atoms with Crippen molar-refractivity contribution < 1.29 is 13.6 Å². The molecule has 0 aromatic carbocycles. The third-order valence-corrected chi connectivity index (χ3v) is 5.24. The van der Waals surface area contributed by atoms with Crippen molar-refractivity contribution in [3.63, 3.8) is 0 Å². The Morgan fingerprint density at radius 3 is 2.72 bits per heavy atom. The van der Waals surface area contributed by atoms with Crippen LogP contribution >= 0.6 is 0 Å². The van der Waals surface area contributed by atoms with Crippen molar-refractivity contribution >= 4 is 6.03 Å². The molecule has 2 aliphatic rings. The van der Waals surface area contributed by atoms with Crippen LogP contribution in [0.3, 0.4) is 0 Å². The Bertz CT molecular complexity index is 486. The summed E-state index contributed by atoms with van der Waals surface area (Å²) >= 11 is 0. The van der Waals surface area contributed by atoms with Crippen LogP contribution in [0.2, 0.25) is 0 Å². The number of nitrogens with zero attached hydrogens (tertiary/aromatic N) is 1. The highest BCUT2D eigenvalue weighted by atomic mass is 19.1. The number of allylic oxidation sites excluding steroid dienone is 3. The molecule has 0 bridgehead atoms. The molecule has 25 heavy (non-hydrogen) atoms. The van der Waals surface area contributed by atoms with E-state index in [1.54, 1.807) is 4.90 Å². The molecule has 142 valence electrons. The Morgan fingerprint density at radius 1 is 1.36 bits per heavy atom. The molecule has 0 aromatic rings. The quantitative estimate of drug-likeness (QED) is 0.674. The minimum atomic E-state index is -1.38. The van der Waals surface area contributed by atoms with Gasteiger partial charge in [-0.05, 0) is 37.3 Å². The van der Waals surface area contributed by atoms with Gasteiger partial charge in [0.05, 0.1) is 5.92 Å². The van der Waals surface area contributed by atoms with E-state index in [1.165, 1.54) is 24.6 Å². The van der Waals surface area contributed by atoms with E-state index in [1.807, 2.05) is 0 Å². The number of halogens is 2. The maximum atomic E-state index is 14.1. The van der Waals surface area contributed by atoms with Gasteiger partial charge < -0.3 is 10.2 Å². The van der Waals surface area contributed by atoms with Crippen molar-refractivity contribution in [2.75, 3.05) is 13.1 Å². The normalized spacial score (nSPS) is 25.4. The largest absolute Gasteiger partial charge is 0.335 e. The van der Waals surface area contributed by atoms with E-state index in [9.17, 15) is 13.6 Å². The lowest BCUT2D eigenvalue weighted by Crippen LogP contribution is -2.49. The molecule has 5 heteroatoms. The number of hydrogen-bond acceptors (Lipinski definition) is 1. The van der Waals surface area contributed by atoms with Crippen molar-refractivity contribution in [1.29, 1.82) is 0 Å². The standard InChI is InChI=1S/C20H32F2N2O/c1-3-8-15(2)13-24(14-17-18(21)11-7-12-19(17)22)20(25)23-16-9-5-4-6-10-16/h7,11-12,15-18H,3-6,8-10,13-14H2,1-2H3,(H,23,25). The van der Waals surface area contributed by atoms with Gasteiger partial charge in [-0.1, -0.05) is 45.6 Å². The highest BCUT2D eigenvalue weighted by molar-refractivity contribution is 5.74. The van der Waals surface area contributed by atoms with Crippen LogP contribution in [0.5, 0.6) is 0 Å². The molecule has 0 radical (unpaired) electrons. The Morgan fingerprint density at radius 2 is 2.08 bits per heavy atom. The number of rotatable bonds is 7. The second-order valence-corrected chi connectivity index (χ2v) is 7.57. The van der Waals surface area contributed by atoms with E-state index in [2.05, 4.69) is 19.2 Å². The van der Waals surface area contributed by atoms with Crippen LogP contribution in [-0.2, 0) is 0 Å². The Balaban J connectivity index is 2.02. The van der Waals surface area contributed by atoms with Crippen molar-refractivity contribution in [3.05, 3.63) is 24.1 Å². The van der Waals surface area contributed by atoms with E-state index < -0.39 is 17.9 Å². The van der Waals surface area contributed by atoms with Crippen LogP contribution in [0.1, 0.15) is 58.8 Å². The number of carbonyl (C=O) groups is 1. The zero-order valence-corrected chi connectivity index (χ0v) is 15.5. The lowest BCUT2D eigenvalue weighted by atomic mass is 9.95. The first-order chi connectivity index (χ1) is 12.0. The maximum absolute atomic E-state index is 14.1. The Hall–Kier alpha value is -1.39. The molecule has 0 heterocycles. The van der Waals surface area contributed by atoms with Crippen molar-refractivity contribution in [2.24, 2.45) is 11.8 Å². The number of urea groups is 1. The first-order valence-electron chi connectivity index (χ1n) is 9.74. The van der Waals surface area contributed by atoms with Gasteiger partial charge in [-0.2, -0.15) is 0 Å². The summed E-state index contributed by atoms with van der Waals surface area (Å²) in [5.74, 6) is -1.06. The fourth-order valence-corrected chi connectivity index (χ4v) is 3.80. The van der Waals surface area contributed by atoms with Gasteiger partial charge in [-0.15, -0.1) is 0 Å². The number of amides is 2. The first-order valence-corrected chi connectivity index (χ1v) is 9.74. The SMILES string of the molecule is CCCC(C)CN(CC1C(F)=CC=CC1F)C(=O)NC1CCCCC1. The van der Waals surface area contributed by atoms with E-state index in [0.29, 0.717) is 12.5 Å². The average Bonchev–Trinajstić information content (AvgIpc) is 2.58. The predicted molar refractivity (Wildman–Crippen MR) is 97.8 cm³/mol. The van der Waals surface area contributed by atoms with Crippen LogP contribution in [-0.4, -0.2) is 36.2 Å². The van der Waals surface area contributed by atoms with Crippen molar-refractivity contribution in [2.45, 2.75) is 71.0 Å². The van der Waals surface area contributed by atoms with Crippen LogP contribution in [0, 0.1) is 11.8 Å². The third kappa shape index (κ3) is 6.12. The van der Waals surface area contributed by atoms with Gasteiger partial charge in [0.25, 0.3) is 0 Å². The van der Waals surface area contributed by atoms with Gasteiger partial charge in [0, 0.05) is 19.1 Å². The molecule has 2 aliphatic carbocycles. The smallest absolute Gasteiger partial charge is 0.317 e. The van der Waals surface area contributed by atoms with Crippen LogP contribution < -0.4 is 5.32 Å². The molecule has 2 rings (SSSR count). The minimum absolute atomic E-state index is 0.0838. The maximum Gasteiger partial charge on any atom is 0.317 e. The molecule has 0 saturated heterocycles. The number of hydrogen-bond donors (Lipinski definition) is 1. The molecule has 3 unspecified atom stereocenters. The summed E-state index contributed by atoms with van der Waals surface area (Å²) < 4.78 is 28.2. The number of alkyl halides is 1. The Kier molecular flexibility index (Phi) is 7.91. The average molecular weight is 354 g/mol. The van der Waals surface area contributed by atoms with Crippen LogP contribution in [0.4, 0.5) is 13.6 Å². The molecule has 1 N–H and O–H groups in total. The molecular formula is C20H32F2N2O. The monoisotopic (exact) mass is 354 g/mol. The summed E-state index contributed by atoms with van der Waals surface area (Å²) in [7, 11) is 0. The van der Waals surface area contributed by atoms with E-state index in [4.69, 9.17) is 0 Å². The van der Waals surface area contributed by atoms with E-state index >= 15 is 0 Å². The van der Waals surface area contributed by atoms with Crippen molar-refractivity contribution in [1.82, 2.24) is 10.2 Å². The highest BCUT2D eigenvalue weighted by Gasteiger charge is 2.31. The summed E-state index contributed by atoms with van der Waals surface area (Å²) in [6.45, 7) is 4.81. The molecule has 3 nitrogen and oxygen atoms in total. The second-order valence-electron chi connectivity index (χ2n) is 7.57. The second kappa shape index (κ2) is 9.93. The summed E-state index contributed by atoms with van der Waals surface area (Å²) in [4.78, 5) is 14.4. The van der Waals surface area contributed by atoms with Gasteiger partial charge in [0.15, 0.2) is 0 Å². The molecule has 0 aliphatic heterocycles. The van der Waals surface area contributed by atoms with Crippen LogP contribution in [0.25, 0.3) is 0 Å². The third-order valence-electron chi connectivity index (χ3n) is 5.24. The number of carbonyl (C=O) groups excluding carboxylic acids is 1. The zero-order valence-electron chi connectivity index (χ0n) is 15.5. The van der Waals surface area contributed by atoms with Gasteiger partial charge in [-0.25, -0.2) is 13.6 Å². The first kappa shape index (κ1) is 19.9. The molecule has 3 atom stereocenters. The predicted octanol–water partition coefficient (Wildman–Crippen LogP) is 5.14. The highest BCUT2D eigenvalue weighted by Crippen LogP contribution is 2.26. The lowest BCUT2D eigenvalue weighted by molar-refractivity contribution is 0.154. The van der Waals surface area contributed by atoms with E-state index in [-0.39, 0.29) is 18.6 Å². The molecule has 1 saturated carbocycles. The molecule has 2 amide bonds. The zero-order chi connectivity index (χ0) is 18.2. The summed E-state index contributed by atoms with van der Waals surface area (Å²) in [6.07, 6.45) is 10.2. The molecule has 0 spiro atoms. The van der Waals surface area contributed by atoms with Gasteiger partial charge >= 0.3 is 6.03 Å². The minimum Gasteiger partial charge on any atom is -0.335 e. The van der Waals surface area contributed by atoms with Gasteiger partial charge in [0.2, 0.25) is 0 Å². The lowest BCUT2D eigenvalue weighted by Gasteiger charge is -2.33. The van der Waals surface area contributed by atoms with Crippen molar-refractivity contribution in [3.8, 4) is 0 Å². The summed E-state index contributed by atoms with van der Waals surface area (Å²) in [5.41, 5.74) is 0. The molecule has 1 fully saturated rings. The fourth-order valence-electron chi connectivity index (χ4n) is 3.80. The molecular weight excluding hydrogens is 322 g/mol. The summed E-state index contributed by atoms with van der Waals surface area (Å²) in [6, 6.07) is 0.0162. The summed E-state index contributed by atoms with van der Waals surface area (Å²) in [5, 5.41) is 3.09. The van der Waals surface area contributed by atoms with Gasteiger partial charge in [0.1, 0.15) is 12.0 Å². The fraction of sp³-hybridized carbons (Fsp3) is 0.750. The van der Waals surface area contributed by atoms with Crippen LogP contribution in [0.15, 0.2) is 24.1 Å². The number of nitrogens with one attached hydrogen (secondary N) is 1. The Labute approximate surface area is 150 Å². The molecule has 0 aromatic heterocycles.